The van der Waals surface area contributed by atoms with Gasteiger partial charge in [-0.1, -0.05) is 29.9 Å². The Kier molecular flexibility index (Phi) is 3.67. The van der Waals surface area contributed by atoms with E-state index in [1.807, 2.05) is 19.1 Å². The Morgan fingerprint density at radius 2 is 2.35 bits per heavy atom. The van der Waals surface area contributed by atoms with E-state index >= 15 is 0 Å². The number of amides is 1. The largest absolute Gasteiger partial charge is 0.368 e. The molecule has 4 nitrogen and oxygen atoms in total. The van der Waals surface area contributed by atoms with Crippen LogP contribution in [0.3, 0.4) is 0 Å². The van der Waals surface area contributed by atoms with Gasteiger partial charge in [0, 0.05) is 18.7 Å². The number of thiazole rings is 1. The van der Waals surface area contributed by atoms with Gasteiger partial charge in [-0.15, -0.1) is 0 Å². The maximum absolute atomic E-state index is 12.4. The van der Waals surface area contributed by atoms with Crippen LogP contribution in [0.15, 0.2) is 18.2 Å². The van der Waals surface area contributed by atoms with E-state index in [9.17, 15) is 4.79 Å². The van der Waals surface area contributed by atoms with Crippen molar-refractivity contribution >= 4 is 44.2 Å². The fourth-order valence-corrected chi connectivity index (χ4v) is 3.53. The fourth-order valence-electron chi connectivity index (χ4n) is 2.33. The summed E-state index contributed by atoms with van der Waals surface area (Å²) in [6.07, 6.45) is 0.579. The van der Waals surface area contributed by atoms with Gasteiger partial charge in [0.1, 0.15) is 6.10 Å². The Hall–Kier alpha value is -1.17. The molecule has 0 spiro atoms. The number of halogens is 1. The lowest BCUT2D eigenvalue weighted by Gasteiger charge is -2.20. The van der Waals surface area contributed by atoms with Gasteiger partial charge in [0.25, 0.3) is 5.91 Å². The van der Waals surface area contributed by atoms with E-state index in [0.29, 0.717) is 16.8 Å². The van der Waals surface area contributed by atoms with Crippen molar-refractivity contribution in [2.45, 2.75) is 19.4 Å². The molecule has 106 valence electrons. The Morgan fingerprint density at radius 1 is 1.55 bits per heavy atom. The summed E-state index contributed by atoms with van der Waals surface area (Å²) in [6, 6.07) is 5.53. The standard InChI is InChI=1S/C14H15ClN2O2S/c1-8-5-6-19-12(8)13(18)17(2)14-16-10-4-3-9(15)7-11(10)20-14/h3-4,7-8,12H,5-6H2,1-2H3/t8-,12+/m1/s1. The Balaban J connectivity index is 1.88. The number of anilines is 1. The van der Waals surface area contributed by atoms with E-state index in [-0.39, 0.29) is 17.9 Å². The fraction of sp³-hybridized carbons (Fsp3) is 0.429. The third-order valence-corrected chi connectivity index (χ3v) is 4.92. The van der Waals surface area contributed by atoms with Crippen molar-refractivity contribution in [1.29, 1.82) is 0 Å². The number of carbonyl (C=O) groups excluding carboxylic acids is 1. The molecule has 1 fully saturated rings. The minimum atomic E-state index is -0.351. The minimum absolute atomic E-state index is 0.0276. The summed E-state index contributed by atoms with van der Waals surface area (Å²) < 4.78 is 6.51. The number of rotatable bonds is 2. The van der Waals surface area contributed by atoms with E-state index in [0.717, 1.165) is 16.6 Å². The van der Waals surface area contributed by atoms with Gasteiger partial charge >= 0.3 is 0 Å². The number of carbonyl (C=O) groups is 1. The van der Waals surface area contributed by atoms with Gasteiger partial charge in [-0.25, -0.2) is 4.98 Å². The first-order valence-corrected chi connectivity index (χ1v) is 7.71. The molecule has 1 aromatic carbocycles. The molecule has 20 heavy (non-hydrogen) atoms. The number of fused-ring (bicyclic) bond motifs is 1. The molecular formula is C14H15ClN2O2S. The second kappa shape index (κ2) is 5.31. The topological polar surface area (TPSA) is 42.4 Å². The monoisotopic (exact) mass is 310 g/mol. The molecule has 2 heterocycles. The van der Waals surface area contributed by atoms with Crippen molar-refractivity contribution in [3.63, 3.8) is 0 Å². The van der Waals surface area contributed by atoms with Crippen LogP contribution in [0, 0.1) is 5.92 Å². The highest BCUT2D eigenvalue weighted by molar-refractivity contribution is 7.22. The van der Waals surface area contributed by atoms with Gasteiger partial charge in [-0.3, -0.25) is 9.69 Å². The number of nitrogens with zero attached hydrogens (tertiary/aromatic N) is 2. The highest BCUT2D eigenvalue weighted by Gasteiger charge is 2.34. The van der Waals surface area contributed by atoms with Gasteiger partial charge in [0.15, 0.2) is 5.13 Å². The lowest BCUT2D eigenvalue weighted by atomic mass is 10.0. The Bertz CT molecular complexity index is 658. The van der Waals surface area contributed by atoms with Gasteiger partial charge in [0.05, 0.1) is 10.2 Å². The van der Waals surface area contributed by atoms with Gasteiger partial charge in [-0.05, 0) is 30.5 Å². The van der Waals surface area contributed by atoms with Crippen molar-refractivity contribution in [2.75, 3.05) is 18.6 Å². The van der Waals surface area contributed by atoms with E-state index in [1.54, 1.807) is 18.0 Å². The summed E-state index contributed by atoms with van der Waals surface area (Å²) in [5.74, 6) is 0.230. The van der Waals surface area contributed by atoms with Crippen LogP contribution in [0.25, 0.3) is 10.2 Å². The third kappa shape index (κ3) is 2.41. The zero-order valence-corrected chi connectivity index (χ0v) is 12.9. The number of ether oxygens (including phenoxy) is 1. The molecule has 0 saturated carbocycles. The van der Waals surface area contributed by atoms with Gasteiger partial charge in [-0.2, -0.15) is 0 Å². The van der Waals surface area contributed by atoms with Crippen LogP contribution in [-0.2, 0) is 9.53 Å². The molecule has 1 aliphatic rings. The van der Waals surface area contributed by atoms with Crippen LogP contribution in [0.1, 0.15) is 13.3 Å². The molecule has 1 aromatic heterocycles. The first kappa shape index (κ1) is 13.8. The number of hydrogen-bond donors (Lipinski definition) is 0. The summed E-state index contributed by atoms with van der Waals surface area (Å²) in [7, 11) is 1.75. The molecule has 3 rings (SSSR count). The zero-order valence-electron chi connectivity index (χ0n) is 11.3. The highest BCUT2D eigenvalue weighted by atomic mass is 35.5. The summed E-state index contributed by atoms with van der Waals surface area (Å²) in [4.78, 5) is 18.5. The molecule has 0 N–H and O–H groups in total. The normalized spacial score (nSPS) is 22.4. The SMILES string of the molecule is C[C@@H]1CCO[C@@H]1C(=O)N(C)c1nc2ccc(Cl)cc2s1. The molecule has 0 aliphatic carbocycles. The smallest absolute Gasteiger partial charge is 0.257 e. The van der Waals surface area contributed by atoms with Crippen LogP contribution in [0.5, 0.6) is 0 Å². The van der Waals surface area contributed by atoms with Crippen molar-refractivity contribution in [3.05, 3.63) is 23.2 Å². The summed E-state index contributed by atoms with van der Waals surface area (Å²) in [5, 5.41) is 1.35. The first-order valence-electron chi connectivity index (χ1n) is 6.51. The van der Waals surface area contributed by atoms with E-state index in [4.69, 9.17) is 16.3 Å². The second-order valence-electron chi connectivity index (χ2n) is 5.06. The molecule has 0 radical (unpaired) electrons. The average Bonchev–Trinajstić information content (AvgIpc) is 3.02. The number of benzene rings is 1. The van der Waals surface area contributed by atoms with Crippen LogP contribution < -0.4 is 4.90 Å². The lowest BCUT2D eigenvalue weighted by Crippen LogP contribution is -2.38. The summed E-state index contributed by atoms with van der Waals surface area (Å²) in [5.41, 5.74) is 0.856. The zero-order chi connectivity index (χ0) is 14.3. The van der Waals surface area contributed by atoms with Crippen molar-refractivity contribution in [3.8, 4) is 0 Å². The number of hydrogen-bond acceptors (Lipinski definition) is 4. The van der Waals surface area contributed by atoms with Crippen molar-refractivity contribution < 1.29 is 9.53 Å². The van der Waals surface area contributed by atoms with Crippen LogP contribution >= 0.6 is 22.9 Å². The van der Waals surface area contributed by atoms with Crippen LogP contribution in [0.2, 0.25) is 5.02 Å². The minimum Gasteiger partial charge on any atom is -0.368 e. The Morgan fingerprint density at radius 3 is 3.05 bits per heavy atom. The highest BCUT2D eigenvalue weighted by Crippen LogP contribution is 2.31. The van der Waals surface area contributed by atoms with Crippen molar-refractivity contribution in [2.24, 2.45) is 5.92 Å². The van der Waals surface area contributed by atoms with Gasteiger partial charge in [0.2, 0.25) is 0 Å². The number of aromatic nitrogens is 1. The van der Waals surface area contributed by atoms with E-state index in [2.05, 4.69) is 4.98 Å². The first-order chi connectivity index (χ1) is 9.56. The lowest BCUT2D eigenvalue weighted by molar-refractivity contribution is -0.128. The predicted molar refractivity (Wildman–Crippen MR) is 81.6 cm³/mol. The predicted octanol–water partition coefficient (Wildman–Crippen LogP) is 3.34. The van der Waals surface area contributed by atoms with E-state index in [1.165, 1.54) is 11.3 Å². The number of likely N-dealkylation sites (N-methyl/N-ethyl adjacent to an activating group) is 1. The summed E-state index contributed by atoms with van der Waals surface area (Å²) in [6.45, 7) is 2.70. The average molecular weight is 311 g/mol. The molecule has 0 unspecified atom stereocenters. The molecule has 6 heteroatoms. The van der Waals surface area contributed by atoms with E-state index < -0.39 is 0 Å². The molecule has 2 atom stereocenters. The Labute approximate surface area is 126 Å². The second-order valence-corrected chi connectivity index (χ2v) is 6.51. The van der Waals surface area contributed by atoms with Crippen molar-refractivity contribution in [1.82, 2.24) is 4.98 Å². The van der Waals surface area contributed by atoms with Crippen LogP contribution in [0.4, 0.5) is 5.13 Å². The van der Waals surface area contributed by atoms with Gasteiger partial charge < -0.3 is 4.74 Å². The molecule has 1 amide bonds. The molecule has 1 saturated heterocycles. The molecule has 1 aliphatic heterocycles. The summed E-state index contributed by atoms with van der Waals surface area (Å²) >= 11 is 7.43. The third-order valence-electron chi connectivity index (χ3n) is 3.59. The maximum Gasteiger partial charge on any atom is 0.257 e. The molecule has 2 aromatic rings. The van der Waals surface area contributed by atoms with Crippen LogP contribution in [-0.4, -0.2) is 30.6 Å². The molecular weight excluding hydrogens is 296 g/mol. The quantitative estimate of drug-likeness (QED) is 0.854. The molecule has 0 bridgehead atoms. The maximum atomic E-state index is 12.4.